The minimum absolute atomic E-state index is 0.123. The fourth-order valence-electron chi connectivity index (χ4n) is 2.71. The molecule has 2 bridgehead atoms. The standard InChI is InChI=1S/C13H13BrClNO2/c14-7-1-3-10(15)9(5-7)13(17)16-11-6-8-2-4-12(11)18-8/h1,3,5,8,11-12H,2,4,6H2,(H,16,17). The second-order valence-electron chi connectivity index (χ2n) is 4.81. The third kappa shape index (κ3) is 2.29. The Morgan fingerprint density at radius 2 is 2.28 bits per heavy atom. The number of hydrogen-bond acceptors (Lipinski definition) is 2. The number of amides is 1. The van der Waals surface area contributed by atoms with Gasteiger partial charge in [-0.15, -0.1) is 0 Å². The van der Waals surface area contributed by atoms with Gasteiger partial charge in [-0.05, 0) is 37.5 Å². The molecular formula is C13H13BrClNO2. The van der Waals surface area contributed by atoms with Crippen LogP contribution in [0.4, 0.5) is 0 Å². The minimum atomic E-state index is -0.123. The van der Waals surface area contributed by atoms with Gasteiger partial charge in [0.25, 0.3) is 5.91 Å². The van der Waals surface area contributed by atoms with Gasteiger partial charge in [0, 0.05) is 4.47 Å². The Kier molecular flexibility index (Phi) is 3.34. The van der Waals surface area contributed by atoms with Crippen LogP contribution in [-0.2, 0) is 4.74 Å². The molecule has 1 N–H and O–H groups in total. The molecule has 2 heterocycles. The molecule has 0 spiro atoms. The summed E-state index contributed by atoms with van der Waals surface area (Å²) >= 11 is 9.39. The molecular weight excluding hydrogens is 318 g/mol. The summed E-state index contributed by atoms with van der Waals surface area (Å²) in [5.74, 6) is -0.123. The summed E-state index contributed by atoms with van der Waals surface area (Å²) in [7, 11) is 0. The van der Waals surface area contributed by atoms with E-state index in [1.54, 1.807) is 12.1 Å². The van der Waals surface area contributed by atoms with Crippen molar-refractivity contribution in [2.24, 2.45) is 0 Å². The molecule has 1 amide bonds. The number of halogens is 2. The van der Waals surface area contributed by atoms with E-state index in [0.717, 1.165) is 23.7 Å². The first-order valence-electron chi connectivity index (χ1n) is 6.05. The summed E-state index contributed by atoms with van der Waals surface area (Å²) in [6.45, 7) is 0. The molecule has 3 unspecified atom stereocenters. The van der Waals surface area contributed by atoms with Gasteiger partial charge in [0.15, 0.2) is 0 Å². The van der Waals surface area contributed by atoms with Gasteiger partial charge in [0.2, 0.25) is 0 Å². The zero-order valence-electron chi connectivity index (χ0n) is 9.66. The van der Waals surface area contributed by atoms with Crippen LogP contribution in [0, 0.1) is 0 Å². The van der Waals surface area contributed by atoms with Crippen LogP contribution >= 0.6 is 27.5 Å². The van der Waals surface area contributed by atoms with E-state index < -0.39 is 0 Å². The monoisotopic (exact) mass is 329 g/mol. The predicted molar refractivity (Wildman–Crippen MR) is 72.9 cm³/mol. The molecule has 1 aromatic carbocycles. The molecule has 2 saturated heterocycles. The lowest BCUT2D eigenvalue weighted by Gasteiger charge is -2.20. The van der Waals surface area contributed by atoms with E-state index in [0.29, 0.717) is 16.7 Å². The van der Waals surface area contributed by atoms with Gasteiger partial charge in [-0.1, -0.05) is 27.5 Å². The van der Waals surface area contributed by atoms with Crippen molar-refractivity contribution >= 4 is 33.4 Å². The number of fused-ring (bicyclic) bond motifs is 2. The van der Waals surface area contributed by atoms with Gasteiger partial charge in [-0.2, -0.15) is 0 Å². The van der Waals surface area contributed by atoms with E-state index in [2.05, 4.69) is 21.2 Å². The first-order chi connectivity index (χ1) is 8.63. The number of nitrogens with one attached hydrogen (secondary N) is 1. The molecule has 0 saturated carbocycles. The Hall–Kier alpha value is -0.580. The highest BCUT2D eigenvalue weighted by Crippen LogP contribution is 2.34. The van der Waals surface area contributed by atoms with Gasteiger partial charge in [-0.25, -0.2) is 0 Å². The van der Waals surface area contributed by atoms with Crippen LogP contribution in [0.5, 0.6) is 0 Å². The van der Waals surface area contributed by atoms with Crippen molar-refractivity contribution in [2.75, 3.05) is 0 Å². The summed E-state index contributed by atoms with van der Waals surface area (Å²) in [6.07, 6.45) is 3.60. The van der Waals surface area contributed by atoms with E-state index in [9.17, 15) is 4.79 Å². The quantitative estimate of drug-likeness (QED) is 0.904. The molecule has 18 heavy (non-hydrogen) atoms. The Bertz CT molecular complexity index is 494. The molecule has 2 fully saturated rings. The van der Waals surface area contributed by atoms with Crippen LogP contribution in [0.1, 0.15) is 29.6 Å². The van der Waals surface area contributed by atoms with Crippen LogP contribution < -0.4 is 5.32 Å². The second kappa shape index (κ2) is 4.83. The smallest absolute Gasteiger partial charge is 0.253 e. The first kappa shape index (κ1) is 12.5. The number of benzene rings is 1. The van der Waals surface area contributed by atoms with E-state index in [1.807, 2.05) is 6.07 Å². The maximum atomic E-state index is 12.2. The Morgan fingerprint density at radius 1 is 1.44 bits per heavy atom. The average Bonchev–Trinajstić information content (AvgIpc) is 2.94. The number of ether oxygens (including phenoxy) is 1. The normalized spacial score (nSPS) is 29.6. The van der Waals surface area contributed by atoms with Crippen molar-refractivity contribution in [3.05, 3.63) is 33.3 Å². The lowest BCUT2D eigenvalue weighted by Crippen LogP contribution is -2.41. The maximum absolute atomic E-state index is 12.2. The summed E-state index contributed by atoms with van der Waals surface area (Å²) in [6, 6.07) is 5.41. The zero-order valence-corrected chi connectivity index (χ0v) is 12.0. The summed E-state index contributed by atoms with van der Waals surface area (Å²) < 4.78 is 6.57. The van der Waals surface area contributed by atoms with Crippen molar-refractivity contribution in [2.45, 2.75) is 37.5 Å². The van der Waals surface area contributed by atoms with Crippen molar-refractivity contribution in [3.63, 3.8) is 0 Å². The Balaban J connectivity index is 1.73. The molecule has 0 aliphatic carbocycles. The molecule has 3 rings (SSSR count). The number of hydrogen-bond donors (Lipinski definition) is 1. The average molecular weight is 331 g/mol. The fraction of sp³-hybridized carbons (Fsp3) is 0.462. The molecule has 2 aliphatic heterocycles. The number of carbonyl (C=O) groups excluding carboxylic acids is 1. The van der Waals surface area contributed by atoms with E-state index in [-0.39, 0.29) is 18.1 Å². The van der Waals surface area contributed by atoms with Crippen molar-refractivity contribution in [1.29, 1.82) is 0 Å². The molecule has 96 valence electrons. The Morgan fingerprint density at radius 3 is 2.94 bits per heavy atom. The number of rotatable bonds is 2. The van der Waals surface area contributed by atoms with Gasteiger partial charge in [0.1, 0.15) is 0 Å². The largest absolute Gasteiger partial charge is 0.373 e. The van der Waals surface area contributed by atoms with Crippen LogP contribution in [0.3, 0.4) is 0 Å². The highest BCUT2D eigenvalue weighted by molar-refractivity contribution is 9.10. The van der Waals surface area contributed by atoms with Gasteiger partial charge in [0.05, 0.1) is 28.8 Å². The lowest BCUT2D eigenvalue weighted by atomic mass is 9.95. The SMILES string of the molecule is O=C(NC1CC2CCC1O2)c1cc(Br)ccc1Cl. The van der Waals surface area contributed by atoms with Crippen LogP contribution in [-0.4, -0.2) is 24.2 Å². The number of carbonyl (C=O) groups is 1. The summed E-state index contributed by atoms with van der Waals surface area (Å²) in [5, 5.41) is 3.50. The molecule has 2 aliphatic rings. The molecule has 0 radical (unpaired) electrons. The Labute approximate surface area is 119 Å². The van der Waals surface area contributed by atoms with Crippen LogP contribution in [0.15, 0.2) is 22.7 Å². The highest BCUT2D eigenvalue weighted by Gasteiger charge is 2.41. The van der Waals surface area contributed by atoms with Crippen molar-refractivity contribution in [1.82, 2.24) is 5.32 Å². The van der Waals surface area contributed by atoms with Crippen LogP contribution in [0.2, 0.25) is 5.02 Å². The zero-order chi connectivity index (χ0) is 12.7. The van der Waals surface area contributed by atoms with E-state index in [1.165, 1.54) is 0 Å². The van der Waals surface area contributed by atoms with E-state index >= 15 is 0 Å². The van der Waals surface area contributed by atoms with E-state index in [4.69, 9.17) is 16.3 Å². The first-order valence-corrected chi connectivity index (χ1v) is 7.22. The van der Waals surface area contributed by atoms with Crippen molar-refractivity contribution < 1.29 is 9.53 Å². The van der Waals surface area contributed by atoms with Crippen LogP contribution in [0.25, 0.3) is 0 Å². The minimum Gasteiger partial charge on any atom is -0.373 e. The third-order valence-corrected chi connectivity index (χ3v) is 4.42. The molecule has 3 nitrogen and oxygen atoms in total. The maximum Gasteiger partial charge on any atom is 0.253 e. The van der Waals surface area contributed by atoms with Crippen molar-refractivity contribution in [3.8, 4) is 0 Å². The molecule has 5 heteroatoms. The molecule has 1 aromatic rings. The molecule has 0 aromatic heterocycles. The second-order valence-corrected chi connectivity index (χ2v) is 6.14. The fourth-order valence-corrected chi connectivity index (χ4v) is 3.27. The molecule has 3 atom stereocenters. The van der Waals surface area contributed by atoms with Gasteiger partial charge >= 0.3 is 0 Å². The predicted octanol–water partition coefficient (Wildman–Crippen LogP) is 3.15. The third-order valence-electron chi connectivity index (χ3n) is 3.60. The van der Waals surface area contributed by atoms with Gasteiger partial charge < -0.3 is 10.1 Å². The van der Waals surface area contributed by atoms with Gasteiger partial charge in [-0.3, -0.25) is 4.79 Å². The summed E-state index contributed by atoms with van der Waals surface area (Å²) in [4.78, 5) is 12.2. The topological polar surface area (TPSA) is 38.3 Å². The lowest BCUT2D eigenvalue weighted by molar-refractivity contribution is 0.0841. The highest BCUT2D eigenvalue weighted by atomic mass is 79.9. The summed E-state index contributed by atoms with van der Waals surface area (Å²) in [5.41, 5.74) is 0.508.